The van der Waals surface area contributed by atoms with Gasteiger partial charge in [-0.3, -0.25) is 9.69 Å². The van der Waals surface area contributed by atoms with Crippen molar-refractivity contribution in [2.45, 2.75) is 45.3 Å². The molecule has 2 aliphatic rings. The lowest BCUT2D eigenvalue weighted by atomic mass is 9.98. The molecule has 0 unspecified atom stereocenters. The fourth-order valence-corrected chi connectivity index (χ4v) is 2.54. The van der Waals surface area contributed by atoms with Crippen molar-refractivity contribution in [2.24, 2.45) is 5.92 Å². The van der Waals surface area contributed by atoms with E-state index in [1.165, 1.54) is 12.8 Å². The van der Waals surface area contributed by atoms with Gasteiger partial charge in [0, 0.05) is 13.0 Å². The molecule has 3 nitrogen and oxygen atoms in total. The van der Waals surface area contributed by atoms with Gasteiger partial charge in [0.25, 0.3) is 0 Å². The zero-order valence-corrected chi connectivity index (χ0v) is 9.03. The van der Waals surface area contributed by atoms with Crippen LogP contribution in [0.2, 0.25) is 0 Å². The standard InChI is InChI=1S/C11H19NO2/c1-8-4-3-5-12(7-8)10-6-9(2)14-11(10)13/h8-10H,3-7H2,1-2H3/t8-,9-,10+/m1/s1. The van der Waals surface area contributed by atoms with Crippen molar-refractivity contribution in [3.63, 3.8) is 0 Å². The van der Waals surface area contributed by atoms with Gasteiger partial charge >= 0.3 is 5.97 Å². The van der Waals surface area contributed by atoms with Crippen LogP contribution in [0.5, 0.6) is 0 Å². The highest BCUT2D eigenvalue weighted by Gasteiger charge is 2.37. The molecule has 0 amide bonds. The number of esters is 1. The summed E-state index contributed by atoms with van der Waals surface area (Å²) in [6.45, 7) is 6.37. The van der Waals surface area contributed by atoms with Gasteiger partial charge in [0.15, 0.2) is 0 Å². The molecular formula is C11H19NO2. The van der Waals surface area contributed by atoms with Crippen LogP contribution >= 0.6 is 0 Å². The van der Waals surface area contributed by atoms with E-state index in [1.54, 1.807) is 0 Å². The molecule has 0 bridgehead atoms. The summed E-state index contributed by atoms with van der Waals surface area (Å²) in [5.41, 5.74) is 0. The molecule has 3 atom stereocenters. The SMILES string of the molecule is C[C@@H]1CCCN([C@H]2C[C@@H](C)OC2=O)C1. The normalized spacial score (nSPS) is 39.9. The van der Waals surface area contributed by atoms with E-state index in [-0.39, 0.29) is 18.1 Å². The Bertz CT molecular complexity index is 229. The number of likely N-dealkylation sites (tertiary alicyclic amines) is 1. The molecule has 2 heterocycles. The molecule has 0 spiro atoms. The molecule has 0 aromatic heterocycles. The van der Waals surface area contributed by atoms with E-state index in [2.05, 4.69) is 11.8 Å². The minimum Gasteiger partial charge on any atom is -0.461 e. The zero-order chi connectivity index (χ0) is 10.1. The average Bonchev–Trinajstić information content (AvgIpc) is 2.45. The average molecular weight is 197 g/mol. The molecule has 80 valence electrons. The first-order valence-corrected chi connectivity index (χ1v) is 5.61. The Morgan fingerprint density at radius 3 is 2.79 bits per heavy atom. The van der Waals surface area contributed by atoms with Gasteiger partial charge in [-0.2, -0.15) is 0 Å². The Morgan fingerprint density at radius 1 is 1.43 bits per heavy atom. The summed E-state index contributed by atoms with van der Waals surface area (Å²) in [5.74, 6) is 0.721. The van der Waals surface area contributed by atoms with Gasteiger partial charge < -0.3 is 4.74 Å². The van der Waals surface area contributed by atoms with Crippen LogP contribution in [0.1, 0.15) is 33.1 Å². The van der Waals surface area contributed by atoms with Crippen molar-refractivity contribution in [2.75, 3.05) is 13.1 Å². The molecule has 14 heavy (non-hydrogen) atoms. The number of carbonyl (C=O) groups excluding carboxylic acids is 1. The second kappa shape index (κ2) is 3.89. The van der Waals surface area contributed by atoms with E-state index in [0.717, 1.165) is 25.4 Å². The largest absolute Gasteiger partial charge is 0.461 e. The number of rotatable bonds is 1. The first-order valence-electron chi connectivity index (χ1n) is 5.61. The minimum atomic E-state index is -0.00778. The van der Waals surface area contributed by atoms with Crippen LogP contribution in [-0.2, 0) is 9.53 Å². The first kappa shape index (κ1) is 9.97. The molecule has 0 saturated carbocycles. The van der Waals surface area contributed by atoms with Crippen LogP contribution in [0.25, 0.3) is 0 Å². The second-order valence-electron chi connectivity index (χ2n) is 4.74. The highest BCUT2D eigenvalue weighted by Crippen LogP contribution is 2.25. The zero-order valence-electron chi connectivity index (χ0n) is 9.03. The molecule has 0 aromatic rings. The topological polar surface area (TPSA) is 29.5 Å². The lowest BCUT2D eigenvalue weighted by molar-refractivity contribution is -0.145. The van der Waals surface area contributed by atoms with Gasteiger partial charge in [-0.05, 0) is 32.2 Å². The van der Waals surface area contributed by atoms with Crippen LogP contribution in [0.4, 0.5) is 0 Å². The highest BCUT2D eigenvalue weighted by atomic mass is 16.6. The Labute approximate surface area is 85.4 Å². The van der Waals surface area contributed by atoms with Gasteiger partial charge in [-0.1, -0.05) is 6.92 Å². The van der Waals surface area contributed by atoms with E-state index in [4.69, 9.17) is 4.74 Å². The Hall–Kier alpha value is -0.570. The first-order chi connectivity index (χ1) is 6.66. The van der Waals surface area contributed by atoms with Crippen molar-refractivity contribution < 1.29 is 9.53 Å². The van der Waals surface area contributed by atoms with E-state index >= 15 is 0 Å². The Kier molecular flexibility index (Phi) is 2.77. The summed E-state index contributed by atoms with van der Waals surface area (Å²) in [7, 11) is 0. The number of cyclic esters (lactones) is 1. The second-order valence-corrected chi connectivity index (χ2v) is 4.74. The smallest absolute Gasteiger partial charge is 0.323 e. The maximum Gasteiger partial charge on any atom is 0.323 e. The molecule has 2 rings (SSSR count). The number of hydrogen-bond acceptors (Lipinski definition) is 3. The third-order valence-electron chi connectivity index (χ3n) is 3.27. The summed E-state index contributed by atoms with van der Waals surface area (Å²) in [6.07, 6.45) is 3.52. The monoisotopic (exact) mass is 197 g/mol. The van der Waals surface area contributed by atoms with Crippen LogP contribution in [0.3, 0.4) is 0 Å². The highest BCUT2D eigenvalue weighted by molar-refractivity contribution is 5.78. The van der Waals surface area contributed by atoms with Crippen molar-refractivity contribution in [3.8, 4) is 0 Å². The summed E-state index contributed by atoms with van der Waals surface area (Å²) in [4.78, 5) is 13.8. The fraction of sp³-hybridized carbons (Fsp3) is 0.909. The molecule has 0 radical (unpaired) electrons. The molecule has 0 aromatic carbocycles. The fourth-order valence-electron chi connectivity index (χ4n) is 2.54. The Morgan fingerprint density at radius 2 is 2.21 bits per heavy atom. The molecular weight excluding hydrogens is 178 g/mol. The Balaban J connectivity index is 1.97. The summed E-state index contributed by atoms with van der Waals surface area (Å²) < 4.78 is 5.18. The summed E-state index contributed by atoms with van der Waals surface area (Å²) >= 11 is 0. The van der Waals surface area contributed by atoms with Gasteiger partial charge in [-0.25, -0.2) is 0 Å². The van der Waals surface area contributed by atoms with Gasteiger partial charge in [0.05, 0.1) is 0 Å². The number of hydrogen-bond donors (Lipinski definition) is 0. The van der Waals surface area contributed by atoms with Gasteiger partial charge in [0.1, 0.15) is 12.1 Å². The molecule has 0 N–H and O–H groups in total. The molecule has 3 heteroatoms. The maximum absolute atomic E-state index is 11.5. The number of piperidine rings is 1. The minimum absolute atomic E-state index is 0.00778. The molecule has 2 saturated heterocycles. The van der Waals surface area contributed by atoms with Crippen LogP contribution in [-0.4, -0.2) is 36.1 Å². The molecule has 2 fully saturated rings. The lowest BCUT2D eigenvalue weighted by Gasteiger charge is -2.33. The summed E-state index contributed by atoms with van der Waals surface area (Å²) in [6, 6.07) is 0.0488. The van der Waals surface area contributed by atoms with E-state index in [1.807, 2.05) is 6.92 Å². The van der Waals surface area contributed by atoms with Crippen molar-refractivity contribution in [1.29, 1.82) is 0 Å². The maximum atomic E-state index is 11.5. The van der Waals surface area contributed by atoms with Gasteiger partial charge in [0.2, 0.25) is 0 Å². The predicted octanol–water partition coefficient (Wildman–Crippen LogP) is 1.42. The summed E-state index contributed by atoms with van der Waals surface area (Å²) in [5, 5.41) is 0. The molecule has 0 aliphatic carbocycles. The van der Waals surface area contributed by atoms with Crippen LogP contribution < -0.4 is 0 Å². The van der Waals surface area contributed by atoms with Crippen molar-refractivity contribution in [1.82, 2.24) is 4.90 Å². The van der Waals surface area contributed by atoms with Crippen LogP contribution in [0, 0.1) is 5.92 Å². The third-order valence-corrected chi connectivity index (χ3v) is 3.27. The number of nitrogens with zero attached hydrogens (tertiary/aromatic N) is 1. The number of carbonyl (C=O) groups is 1. The van der Waals surface area contributed by atoms with E-state index in [0.29, 0.717) is 0 Å². The third kappa shape index (κ3) is 1.92. The quantitative estimate of drug-likeness (QED) is 0.595. The lowest BCUT2D eigenvalue weighted by Crippen LogP contribution is -2.44. The van der Waals surface area contributed by atoms with E-state index < -0.39 is 0 Å². The van der Waals surface area contributed by atoms with Crippen molar-refractivity contribution in [3.05, 3.63) is 0 Å². The number of ether oxygens (including phenoxy) is 1. The van der Waals surface area contributed by atoms with Crippen LogP contribution in [0.15, 0.2) is 0 Å². The predicted molar refractivity (Wildman–Crippen MR) is 53.9 cm³/mol. The van der Waals surface area contributed by atoms with E-state index in [9.17, 15) is 4.79 Å². The molecule has 2 aliphatic heterocycles. The van der Waals surface area contributed by atoms with Gasteiger partial charge in [-0.15, -0.1) is 0 Å². The van der Waals surface area contributed by atoms with Crippen molar-refractivity contribution >= 4 is 5.97 Å².